The third-order valence-corrected chi connectivity index (χ3v) is 3.59. The molecule has 0 radical (unpaired) electrons. The van der Waals surface area contributed by atoms with Crippen LogP contribution in [0.2, 0.25) is 0 Å². The fourth-order valence-electron chi connectivity index (χ4n) is 1.93. The highest BCUT2D eigenvalue weighted by molar-refractivity contribution is 9.10. The van der Waals surface area contributed by atoms with Gasteiger partial charge in [0.05, 0.1) is 4.47 Å². The minimum absolute atomic E-state index is 0.0624. The molecule has 1 atom stereocenters. The first-order valence-electron chi connectivity index (χ1n) is 6.42. The summed E-state index contributed by atoms with van der Waals surface area (Å²) in [5.41, 5.74) is 1.20. The quantitative estimate of drug-likeness (QED) is 0.862. The summed E-state index contributed by atoms with van der Waals surface area (Å²) in [6.07, 6.45) is 0.995. The topological polar surface area (TPSA) is 21.3 Å². The van der Waals surface area contributed by atoms with Gasteiger partial charge in [0.25, 0.3) is 0 Å². The Labute approximate surface area is 122 Å². The number of nitrogens with one attached hydrogen (secondary N) is 1. The number of halogens is 1. The van der Waals surface area contributed by atoms with Crippen LogP contribution in [0.3, 0.4) is 0 Å². The molecule has 0 aliphatic carbocycles. The van der Waals surface area contributed by atoms with Crippen LogP contribution < -0.4 is 10.1 Å². The van der Waals surface area contributed by atoms with Gasteiger partial charge in [-0.15, -0.1) is 0 Å². The fraction of sp³-hybridized carbons (Fsp3) is 0.250. The highest BCUT2D eigenvalue weighted by Gasteiger charge is 2.13. The molecule has 0 unspecified atom stereocenters. The van der Waals surface area contributed by atoms with Gasteiger partial charge in [0, 0.05) is 6.42 Å². The molecule has 0 fully saturated rings. The normalized spacial score (nSPS) is 12.1. The third kappa shape index (κ3) is 4.08. The first kappa shape index (κ1) is 14.1. The van der Waals surface area contributed by atoms with Crippen molar-refractivity contribution in [1.82, 2.24) is 5.32 Å². The second-order valence-corrected chi connectivity index (χ2v) is 5.19. The van der Waals surface area contributed by atoms with E-state index in [-0.39, 0.29) is 6.10 Å². The SMILES string of the molecule is CNCC[C@@H](Oc1ccccc1Br)c1ccccc1. The summed E-state index contributed by atoms with van der Waals surface area (Å²) >= 11 is 3.52. The van der Waals surface area contributed by atoms with E-state index in [1.807, 2.05) is 49.5 Å². The minimum atomic E-state index is 0.0624. The Bertz CT molecular complexity index is 501. The largest absolute Gasteiger partial charge is 0.485 e. The van der Waals surface area contributed by atoms with Crippen LogP contribution in [-0.4, -0.2) is 13.6 Å². The molecule has 0 saturated carbocycles. The molecular weight excluding hydrogens is 302 g/mol. The molecule has 19 heavy (non-hydrogen) atoms. The van der Waals surface area contributed by atoms with Crippen molar-refractivity contribution >= 4 is 15.9 Å². The van der Waals surface area contributed by atoms with Gasteiger partial charge in [-0.1, -0.05) is 42.5 Å². The molecule has 3 heteroatoms. The van der Waals surface area contributed by atoms with Crippen LogP contribution in [0.25, 0.3) is 0 Å². The minimum Gasteiger partial charge on any atom is -0.485 e. The van der Waals surface area contributed by atoms with Crippen molar-refractivity contribution in [3.63, 3.8) is 0 Å². The van der Waals surface area contributed by atoms with Crippen molar-refractivity contribution < 1.29 is 4.74 Å². The molecule has 2 rings (SSSR count). The number of para-hydroxylation sites is 1. The standard InChI is InChI=1S/C16H18BrNO/c1-18-12-11-15(13-7-3-2-4-8-13)19-16-10-6-5-9-14(16)17/h2-10,15,18H,11-12H2,1H3/t15-/m1/s1. The van der Waals surface area contributed by atoms with Crippen LogP contribution in [0, 0.1) is 0 Å². The summed E-state index contributed by atoms with van der Waals surface area (Å²) in [5.74, 6) is 0.882. The lowest BCUT2D eigenvalue weighted by Gasteiger charge is -2.20. The number of hydrogen-bond donors (Lipinski definition) is 1. The van der Waals surface area contributed by atoms with Crippen LogP contribution in [0.1, 0.15) is 18.1 Å². The molecule has 0 aliphatic rings. The van der Waals surface area contributed by atoms with Crippen molar-refractivity contribution in [3.05, 3.63) is 64.6 Å². The van der Waals surface area contributed by atoms with E-state index in [0.29, 0.717) is 0 Å². The Hall–Kier alpha value is -1.32. The van der Waals surface area contributed by atoms with E-state index in [2.05, 4.69) is 33.4 Å². The first-order valence-corrected chi connectivity index (χ1v) is 7.21. The van der Waals surface area contributed by atoms with Crippen LogP contribution >= 0.6 is 15.9 Å². The molecule has 0 aliphatic heterocycles. The van der Waals surface area contributed by atoms with Gasteiger partial charge >= 0.3 is 0 Å². The Kier molecular flexibility index (Phi) is 5.43. The van der Waals surface area contributed by atoms with E-state index in [1.54, 1.807) is 0 Å². The Morgan fingerprint density at radius 3 is 2.42 bits per heavy atom. The van der Waals surface area contributed by atoms with Crippen molar-refractivity contribution in [2.45, 2.75) is 12.5 Å². The number of rotatable bonds is 6. The van der Waals surface area contributed by atoms with Gasteiger partial charge in [0.15, 0.2) is 0 Å². The molecule has 100 valence electrons. The lowest BCUT2D eigenvalue weighted by atomic mass is 10.1. The predicted molar refractivity (Wildman–Crippen MR) is 82.5 cm³/mol. The number of benzene rings is 2. The monoisotopic (exact) mass is 319 g/mol. The zero-order valence-electron chi connectivity index (χ0n) is 11.0. The van der Waals surface area contributed by atoms with Gasteiger partial charge in [-0.2, -0.15) is 0 Å². The van der Waals surface area contributed by atoms with Crippen LogP contribution in [-0.2, 0) is 0 Å². The van der Waals surface area contributed by atoms with Crippen LogP contribution in [0.4, 0.5) is 0 Å². The maximum atomic E-state index is 6.15. The van der Waals surface area contributed by atoms with E-state index in [9.17, 15) is 0 Å². The summed E-state index contributed by atoms with van der Waals surface area (Å²) in [7, 11) is 1.96. The van der Waals surface area contributed by atoms with E-state index < -0.39 is 0 Å². The first-order chi connectivity index (χ1) is 9.31. The van der Waals surface area contributed by atoms with Crippen LogP contribution in [0.5, 0.6) is 5.75 Å². The van der Waals surface area contributed by atoms with Crippen molar-refractivity contribution in [1.29, 1.82) is 0 Å². The average molecular weight is 320 g/mol. The predicted octanol–water partition coefficient (Wildman–Crippen LogP) is 4.18. The summed E-state index contributed by atoms with van der Waals surface area (Å²) in [4.78, 5) is 0. The second-order valence-electron chi connectivity index (χ2n) is 4.34. The summed E-state index contributed by atoms with van der Waals surface area (Å²) in [6.45, 7) is 0.921. The lowest BCUT2D eigenvalue weighted by molar-refractivity contribution is 0.193. The van der Waals surface area contributed by atoms with E-state index in [1.165, 1.54) is 5.56 Å². The molecule has 0 bridgehead atoms. The van der Waals surface area contributed by atoms with Crippen molar-refractivity contribution in [2.24, 2.45) is 0 Å². The molecular formula is C16H18BrNO. The summed E-state index contributed by atoms with van der Waals surface area (Å²) in [6, 6.07) is 18.3. The maximum Gasteiger partial charge on any atom is 0.134 e. The molecule has 2 nitrogen and oxygen atoms in total. The Morgan fingerprint density at radius 2 is 1.74 bits per heavy atom. The van der Waals surface area contributed by atoms with Gasteiger partial charge < -0.3 is 10.1 Å². The molecule has 0 amide bonds. The lowest BCUT2D eigenvalue weighted by Crippen LogP contribution is -2.16. The molecule has 0 aromatic heterocycles. The molecule has 1 N–H and O–H groups in total. The van der Waals surface area contributed by atoms with Gasteiger partial charge in [0.1, 0.15) is 11.9 Å². The van der Waals surface area contributed by atoms with E-state index in [4.69, 9.17) is 4.74 Å². The van der Waals surface area contributed by atoms with Gasteiger partial charge in [-0.05, 0) is 47.2 Å². The van der Waals surface area contributed by atoms with Crippen molar-refractivity contribution in [2.75, 3.05) is 13.6 Å². The Balaban J connectivity index is 2.17. The van der Waals surface area contributed by atoms with Gasteiger partial charge in [-0.25, -0.2) is 0 Å². The Morgan fingerprint density at radius 1 is 1.05 bits per heavy atom. The van der Waals surface area contributed by atoms with Crippen molar-refractivity contribution in [3.8, 4) is 5.75 Å². The molecule has 0 saturated heterocycles. The molecule has 2 aromatic rings. The van der Waals surface area contributed by atoms with Gasteiger partial charge in [-0.3, -0.25) is 0 Å². The van der Waals surface area contributed by atoms with Gasteiger partial charge in [0.2, 0.25) is 0 Å². The second kappa shape index (κ2) is 7.31. The smallest absolute Gasteiger partial charge is 0.134 e. The zero-order chi connectivity index (χ0) is 13.5. The average Bonchev–Trinajstić information content (AvgIpc) is 2.46. The fourth-order valence-corrected chi connectivity index (χ4v) is 2.31. The molecule has 2 aromatic carbocycles. The molecule has 0 spiro atoms. The third-order valence-electron chi connectivity index (χ3n) is 2.93. The maximum absolute atomic E-state index is 6.15. The van der Waals surface area contributed by atoms with E-state index in [0.717, 1.165) is 23.2 Å². The molecule has 0 heterocycles. The van der Waals surface area contributed by atoms with Crippen LogP contribution in [0.15, 0.2) is 59.1 Å². The number of ether oxygens (including phenoxy) is 1. The van der Waals surface area contributed by atoms with E-state index >= 15 is 0 Å². The zero-order valence-corrected chi connectivity index (χ0v) is 12.6. The highest BCUT2D eigenvalue weighted by atomic mass is 79.9. The highest BCUT2D eigenvalue weighted by Crippen LogP contribution is 2.30. The number of hydrogen-bond acceptors (Lipinski definition) is 2. The summed E-state index contributed by atoms with van der Waals surface area (Å²) < 4.78 is 7.13. The summed E-state index contributed by atoms with van der Waals surface area (Å²) in [5, 5.41) is 3.18.